The predicted octanol–water partition coefficient (Wildman–Crippen LogP) is 3.36. The Kier molecular flexibility index (Phi) is 8.50. The molecule has 0 aliphatic heterocycles. The molecule has 129 valence electrons. The minimum Gasteiger partial charge on any atom is -0.479 e. The molecule has 0 N–H and O–H groups in total. The van der Waals surface area contributed by atoms with Crippen LogP contribution >= 0.6 is 22.6 Å². The van der Waals surface area contributed by atoms with Gasteiger partial charge < -0.3 is 9.30 Å². The van der Waals surface area contributed by atoms with Crippen LogP contribution in [0.3, 0.4) is 0 Å². The molecule has 0 unspecified atom stereocenters. The van der Waals surface area contributed by atoms with Gasteiger partial charge >= 0.3 is 0 Å². The molecule has 2 rings (SSSR count). The number of nitriles is 1. The molecule has 0 spiro atoms. The Morgan fingerprint density at radius 3 is 2.44 bits per heavy atom. The molecule has 1 heterocycles. The van der Waals surface area contributed by atoms with E-state index in [-0.39, 0.29) is 42.0 Å². The van der Waals surface area contributed by atoms with E-state index in [0.717, 1.165) is 12.1 Å². The van der Waals surface area contributed by atoms with Gasteiger partial charge in [0.1, 0.15) is 11.8 Å². The van der Waals surface area contributed by atoms with E-state index >= 15 is 0 Å². The average Bonchev–Trinajstić information content (AvgIpc) is 2.51. The minimum atomic E-state index is -2.89. The van der Waals surface area contributed by atoms with Crippen LogP contribution < -0.4 is 10.3 Å². The molecule has 25 heavy (non-hydrogen) atoms. The zero-order valence-corrected chi connectivity index (χ0v) is 17.4. The second-order valence-corrected chi connectivity index (χ2v) is 5.66. The van der Waals surface area contributed by atoms with E-state index in [1.165, 1.54) is 6.07 Å². The molecule has 0 saturated carbocycles. The summed E-state index contributed by atoms with van der Waals surface area (Å²) < 4.78 is 59.4. The number of ether oxygens (including phenoxy) is 1. The van der Waals surface area contributed by atoms with Crippen LogP contribution in [0.15, 0.2) is 23.0 Å². The van der Waals surface area contributed by atoms with Crippen molar-refractivity contribution >= 4 is 22.6 Å². The largest absolute Gasteiger partial charge is 0.479 e. The van der Waals surface area contributed by atoms with Crippen molar-refractivity contribution in [2.24, 2.45) is 0 Å². The quantitative estimate of drug-likeness (QED) is 0.333. The third kappa shape index (κ3) is 5.25. The number of halogens is 5. The molecule has 0 atom stereocenters. The molecule has 2 aromatic rings. The van der Waals surface area contributed by atoms with E-state index in [2.05, 4.69) is 6.07 Å². The zero-order valence-electron chi connectivity index (χ0n) is 12.4. The Balaban J connectivity index is 0.00000312. The molecule has 0 aliphatic carbocycles. The zero-order chi connectivity index (χ0) is 17.9. The fraction of sp³-hybridized carbons (Fsp3) is 0.200. The Bertz CT molecular complexity index is 845. The Hall–Kier alpha value is -0.986. The van der Waals surface area contributed by atoms with E-state index in [4.69, 9.17) is 10.00 Å². The summed E-state index contributed by atoms with van der Waals surface area (Å²) in [5.74, 6) is -2.48. The second kappa shape index (κ2) is 9.64. The SMILES string of the molecule is N#CCOc1cc(F)c(-c2[c-]cc(I)c(=O)n2CC(F)F)c(F)c1.[Y]. The molecule has 0 bridgehead atoms. The summed E-state index contributed by atoms with van der Waals surface area (Å²) in [4.78, 5) is 12.0. The van der Waals surface area contributed by atoms with Gasteiger partial charge in [-0.1, -0.05) is 5.69 Å². The molecule has 0 saturated heterocycles. The van der Waals surface area contributed by atoms with Crippen molar-refractivity contribution in [2.45, 2.75) is 13.0 Å². The molecule has 4 nitrogen and oxygen atoms in total. The third-order valence-electron chi connectivity index (χ3n) is 2.93. The first-order valence-electron chi connectivity index (χ1n) is 6.43. The van der Waals surface area contributed by atoms with E-state index in [1.54, 1.807) is 28.7 Å². The van der Waals surface area contributed by atoms with Crippen LogP contribution in [0.2, 0.25) is 0 Å². The summed E-state index contributed by atoms with van der Waals surface area (Å²) in [6.07, 6.45) is -2.89. The maximum Gasteiger partial charge on any atom is 0.256 e. The first-order valence-corrected chi connectivity index (χ1v) is 7.51. The number of pyridine rings is 1. The fourth-order valence-electron chi connectivity index (χ4n) is 2.00. The van der Waals surface area contributed by atoms with Gasteiger partial charge in [-0.05, 0) is 9.13 Å². The van der Waals surface area contributed by atoms with Crippen LogP contribution in [-0.4, -0.2) is 17.6 Å². The Morgan fingerprint density at radius 1 is 1.32 bits per heavy atom. The van der Waals surface area contributed by atoms with Crippen molar-refractivity contribution in [1.29, 1.82) is 5.26 Å². The number of nitrogens with zero attached hydrogens (tertiary/aromatic N) is 2. The maximum absolute atomic E-state index is 14.2. The number of benzene rings is 1. The average molecular weight is 540 g/mol. The van der Waals surface area contributed by atoms with Gasteiger partial charge in [0.15, 0.2) is 6.61 Å². The van der Waals surface area contributed by atoms with E-state index < -0.39 is 48.0 Å². The van der Waals surface area contributed by atoms with Gasteiger partial charge in [0.05, 0.1) is 18.2 Å². The first kappa shape index (κ1) is 22.1. The molecule has 1 radical (unpaired) electrons. The van der Waals surface area contributed by atoms with Crippen LogP contribution in [0, 0.1) is 32.6 Å². The number of hydrogen-bond donors (Lipinski definition) is 0. The number of aromatic nitrogens is 1. The third-order valence-corrected chi connectivity index (χ3v) is 3.70. The first-order chi connectivity index (χ1) is 11.3. The molecule has 1 aromatic heterocycles. The molecule has 0 amide bonds. The maximum atomic E-state index is 14.2. The van der Waals surface area contributed by atoms with E-state index in [1.807, 2.05) is 0 Å². The van der Waals surface area contributed by atoms with Crippen molar-refractivity contribution in [3.63, 3.8) is 0 Å². The van der Waals surface area contributed by atoms with Crippen LogP contribution in [0.25, 0.3) is 11.3 Å². The van der Waals surface area contributed by atoms with E-state index in [9.17, 15) is 22.4 Å². The molecule has 0 fully saturated rings. The van der Waals surface area contributed by atoms with Crippen LogP contribution in [-0.2, 0) is 39.3 Å². The summed E-state index contributed by atoms with van der Waals surface area (Å²) in [7, 11) is 0. The monoisotopic (exact) mass is 540 g/mol. The normalized spacial score (nSPS) is 10.3. The predicted molar refractivity (Wildman–Crippen MR) is 84.7 cm³/mol. The van der Waals surface area contributed by atoms with Crippen LogP contribution in [0.5, 0.6) is 5.75 Å². The van der Waals surface area contributed by atoms with Gasteiger partial charge in [-0.25, -0.2) is 17.6 Å². The number of alkyl halides is 2. The van der Waals surface area contributed by atoms with Crippen molar-refractivity contribution in [3.05, 3.63) is 49.8 Å². The molecule has 10 heteroatoms. The van der Waals surface area contributed by atoms with Gasteiger partial charge in [0.25, 0.3) is 6.43 Å². The minimum absolute atomic E-state index is 0. The van der Waals surface area contributed by atoms with Crippen LogP contribution in [0.1, 0.15) is 0 Å². The standard InChI is InChI=1S/C15H8F4IN2O2.Y/c16-9-5-8(24-4-3-21)6-10(17)14(9)12-2-1-11(20)15(23)22(12)7-13(18)19;/h1,5-6,13H,4,7H2;/q-1;. The molecule has 1 aromatic carbocycles. The Morgan fingerprint density at radius 2 is 1.92 bits per heavy atom. The van der Waals surface area contributed by atoms with Gasteiger partial charge in [0, 0.05) is 44.8 Å². The summed E-state index contributed by atoms with van der Waals surface area (Å²) in [6, 6.07) is 6.88. The fourth-order valence-corrected chi connectivity index (χ4v) is 2.44. The molecule has 0 aliphatic rings. The van der Waals surface area contributed by atoms with Gasteiger partial charge in [-0.3, -0.25) is 4.79 Å². The van der Waals surface area contributed by atoms with Crippen LogP contribution in [0.4, 0.5) is 17.6 Å². The molecular weight excluding hydrogens is 532 g/mol. The van der Waals surface area contributed by atoms with Gasteiger partial charge in [0.2, 0.25) is 5.56 Å². The Labute approximate surface area is 178 Å². The van der Waals surface area contributed by atoms with Crippen molar-refractivity contribution < 1.29 is 55.0 Å². The van der Waals surface area contributed by atoms with Crippen molar-refractivity contribution in [1.82, 2.24) is 4.57 Å². The summed E-state index contributed by atoms with van der Waals surface area (Å²) in [5.41, 5.74) is -1.90. The van der Waals surface area contributed by atoms with Gasteiger partial charge in [-0.15, -0.1) is 22.6 Å². The van der Waals surface area contributed by atoms with Crippen molar-refractivity contribution in [2.75, 3.05) is 6.61 Å². The topological polar surface area (TPSA) is 55.0 Å². The van der Waals surface area contributed by atoms with E-state index in [0.29, 0.717) is 4.57 Å². The molecular formula is C15H8F4IN2O2Y-. The summed E-state index contributed by atoms with van der Waals surface area (Å²) in [5, 5.41) is 8.40. The number of rotatable bonds is 5. The second-order valence-electron chi connectivity index (χ2n) is 4.50. The number of hydrogen-bond acceptors (Lipinski definition) is 3. The summed E-state index contributed by atoms with van der Waals surface area (Å²) >= 11 is 1.62. The van der Waals surface area contributed by atoms with Gasteiger partial charge in [-0.2, -0.15) is 17.4 Å². The summed E-state index contributed by atoms with van der Waals surface area (Å²) in [6.45, 7) is -1.43. The smallest absolute Gasteiger partial charge is 0.256 e. The van der Waals surface area contributed by atoms with Crippen molar-refractivity contribution in [3.8, 4) is 23.1 Å².